The topological polar surface area (TPSA) is 72.2 Å². The first-order valence-electron chi connectivity index (χ1n) is 9.93. The van der Waals surface area contributed by atoms with E-state index >= 15 is 0 Å². The van der Waals surface area contributed by atoms with Crippen molar-refractivity contribution in [3.63, 3.8) is 0 Å². The number of fused-ring (bicyclic) bond motifs is 2. The van der Waals surface area contributed by atoms with Crippen LogP contribution in [0.15, 0.2) is 27.5 Å². The van der Waals surface area contributed by atoms with Crippen LogP contribution in [0.5, 0.6) is 0 Å². The monoisotopic (exact) mass is 400 g/mol. The lowest BCUT2D eigenvalue weighted by Gasteiger charge is -2.28. The predicted octanol–water partition coefficient (Wildman–Crippen LogP) is 4.53. The summed E-state index contributed by atoms with van der Waals surface area (Å²) in [6.07, 6.45) is 5.15. The highest BCUT2D eigenvalue weighted by Gasteiger charge is 2.42. The van der Waals surface area contributed by atoms with Crippen LogP contribution in [0.25, 0.3) is 11.1 Å². The minimum Gasteiger partial charge on any atom is -0.349 e. The van der Waals surface area contributed by atoms with Crippen molar-refractivity contribution in [2.75, 3.05) is 0 Å². The van der Waals surface area contributed by atoms with Gasteiger partial charge in [-0.1, -0.05) is 29.2 Å². The third kappa shape index (κ3) is 3.37. The molecule has 1 heterocycles. The summed E-state index contributed by atoms with van der Waals surface area (Å²) < 4.78 is 4.78. The lowest BCUT2D eigenvalue weighted by atomic mass is 9.84. The van der Waals surface area contributed by atoms with E-state index in [1.807, 2.05) is 0 Å². The van der Waals surface area contributed by atoms with Crippen molar-refractivity contribution in [2.24, 2.45) is 17.8 Å². The van der Waals surface area contributed by atoms with Crippen molar-refractivity contribution in [1.82, 2.24) is 10.5 Å². The number of nitrogens with zero attached hydrogens (tertiary/aromatic N) is 1. The van der Waals surface area contributed by atoms with Gasteiger partial charge >= 0.3 is 5.63 Å². The molecule has 2 aliphatic carbocycles. The van der Waals surface area contributed by atoms with E-state index in [4.69, 9.17) is 16.1 Å². The van der Waals surface area contributed by atoms with E-state index in [9.17, 15) is 9.59 Å². The first kappa shape index (κ1) is 19.2. The van der Waals surface area contributed by atoms with Gasteiger partial charge in [0.15, 0.2) is 0 Å². The standard InChI is InChI=1S/C22H25ClN2O3/c1-11-20(13(3)25-28-22(11)27)16-6-7-19(23)18(10-16)21(26)24-12(2)17-9-14-4-5-15(17)8-14/h6-7,10,12,14-15,17H,4-5,8-9H2,1-3H3,(H,24,26)/t12-,14-,15-,17-/m0/s1. The summed E-state index contributed by atoms with van der Waals surface area (Å²) in [5, 5.41) is 7.37. The van der Waals surface area contributed by atoms with E-state index in [2.05, 4.69) is 17.4 Å². The maximum Gasteiger partial charge on any atom is 0.362 e. The van der Waals surface area contributed by atoms with Crippen LogP contribution in [0.1, 0.15) is 54.2 Å². The largest absolute Gasteiger partial charge is 0.362 e. The number of hydrogen-bond acceptors (Lipinski definition) is 4. The Labute approximate surface area is 169 Å². The molecule has 0 saturated heterocycles. The van der Waals surface area contributed by atoms with Crippen LogP contribution in [0, 0.1) is 31.6 Å². The van der Waals surface area contributed by atoms with Crippen LogP contribution in [0.2, 0.25) is 5.02 Å². The van der Waals surface area contributed by atoms with Gasteiger partial charge in [-0.2, -0.15) is 0 Å². The summed E-state index contributed by atoms with van der Waals surface area (Å²) in [6, 6.07) is 5.36. The number of hydrogen-bond donors (Lipinski definition) is 1. The Morgan fingerprint density at radius 2 is 2.07 bits per heavy atom. The molecule has 2 fully saturated rings. The molecule has 0 unspecified atom stereocenters. The Hall–Kier alpha value is -2.14. The molecule has 0 spiro atoms. The van der Waals surface area contributed by atoms with E-state index in [1.54, 1.807) is 32.0 Å². The molecule has 0 radical (unpaired) electrons. The summed E-state index contributed by atoms with van der Waals surface area (Å²) in [7, 11) is 0. The third-order valence-corrected chi connectivity index (χ3v) is 6.93. The molecule has 4 atom stereocenters. The number of halogens is 1. The first-order valence-corrected chi connectivity index (χ1v) is 10.3. The Balaban J connectivity index is 1.60. The molecule has 1 N–H and O–H groups in total. The number of rotatable bonds is 4. The zero-order chi connectivity index (χ0) is 20.0. The highest BCUT2D eigenvalue weighted by molar-refractivity contribution is 6.34. The number of carbonyl (C=O) groups excluding carboxylic acids is 1. The molecule has 2 aromatic rings. The van der Waals surface area contributed by atoms with E-state index in [-0.39, 0.29) is 11.9 Å². The molecular formula is C22H25ClN2O3. The minimum atomic E-state index is -0.480. The predicted molar refractivity (Wildman–Crippen MR) is 109 cm³/mol. The average molecular weight is 401 g/mol. The number of nitrogens with one attached hydrogen (secondary N) is 1. The molecule has 6 heteroatoms. The summed E-state index contributed by atoms with van der Waals surface area (Å²) in [4.78, 5) is 24.8. The zero-order valence-corrected chi connectivity index (χ0v) is 17.2. The molecule has 5 nitrogen and oxygen atoms in total. The van der Waals surface area contributed by atoms with Crippen LogP contribution < -0.4 is 10.9 Å². The molecule has 2 bridgehead atoms. The molecule has 1 aromatic carbocycles. The molecule has 0 aliphatic heterocycles. The average Bonchev–Trinajstić information content (AvgIpc) is 3.29. The highest BCUT2D eigenvalue weighted by Crippen LogP contribution is 2.49. The van der Waals surface area contributed by atoms with Gasteiger partial charge in [-0.3, -0.25) is 4.79 Å². The second kappa shape index (κ2) is 7.36. The van der Waals surface area contributed by atoms with Gasteiger partial charge in [0.1, 0.15) is 0 Å². The molecule has 2 saturated carbocycles. The minimum absolute atomic E-state index is 0.122. The van der Waals surface area contributed by atoms with Gasteiger partial charge in [-0.05, 0) is 75.5 Å². The first-order chi connectivity index (χ1) is 13.3. The number of aryl methyl sites for hydroxylation is 1. The molecule has 148 valence electrons. The fraction of sp³-hybridized carbons (Fsp3) is 0.500. The van der Waals surface area contributed by atoms with Crippen molar-refractivity contribution >= 4 is 17.5 Å². The Bertz CT molecular complexity index is 984. The summed E-state index contributed by atoms with van der Waals surface area (Å²) >= 11 is 6.34. The molecule has 1 aromatic heterocycles. The maximum absolute atomic E-state index is 13.0. The Morgan fingerprint density at radius 1 is 1.29 bits per heavy atom. The lowest BCUT2D eigenvalue weighted by molar-refractivity contribution is 0.0915. The van der Waals surface area contributed by atoms with Gasteiger partial charge in [0, 0.05) is 17.2 Å². The smallest absolute Gasteiger partial charge is 0.349 e. The Kier molecular flexibility index (Phi) is 5.04. The van der Waals surface area contributed by atoms with Crippen LogP contribution in [-0.4, -0.2) is 17.1 Å². The van der Waals surface area contributed by atoms with Gasteiger partial charge in [-0.25, -0.2) is 4.79 Å². The van der Waals surface area contributed by atoms with Gasteiger partial charge in [-0.15, -0.1) is 0 Å². The summed E-state index contributed by atoms with van der Waals surface area (Å²) in [5.41, 5.74) is 2.42. The molecule has 4 rings (SSSR count). The van der Waals surface area contributed by atoms with Gasteiger partial charge in [0.25, 0.3) is 5.91 Å². The van der Waals surface area contributed by atoms with E-state index in [1.165, 1.54) is 25.7 Å². The quantitative estimate of drug-likeness (QED) is 0.818. The van der Waals surface area contributed by atoms with Crippen molar-refractivity contribution < 1.29 is 9.32 Å². The van der Waals surface area contributed by atoms with Crippen LogP contribution in [-0.2, 0) is 0 Å². The lowest BCUT2D eigenvalue weighted by Crippen LogP contribution is -2.40. The van der Waals surface area contributed by atoms with Crippen LogP contribution in [0.3, 0.4) is 0 Å². The maximum atomic E-state index is 13.0. The molecular weight excluding hydrogens is 376 g/mol. The third-order valence-electron chi connectivity index (χ3n) is 6.60. The molecule has 2 aliphatic rings. The zero-order valence-electron chi connectivity index (χ0n) is 16.4. The fourth-order valence-corrected chi connectivity index (χ4v) is 5.38. The van der Waals surface area contributed by atoms with E-state index in [0.29, 0.717) is 33.3 Å². The van der Waals surface area contributed by atoms with Crippen molar-refractivity contribution in [3.8, 4) is 11.1 Å². The number of benzene rings is 1. The van der Waals surface area contributed by atoms with Gasteiger partial charge in [0.05, 0.1) is 16.3 Å². The number of carbonyl (C=O) groups is 1. The van der Waals surface area contributed by atoms with Crippen LogP contribution >= 0.6 is 11.6 Å². The van der Waals surface area contributed by atoms with Crippen molar-refractivity contribution in [3.05, 3.63) is 50.5 Å². The number of aromatic nitrogens is 1. The molecule has 28 heavy (non-hydrogen) atoms. The molecule has 1 amide bonds. The second-order valence-corrected chi connectivity index (χ2v) is 8.76. The van der Waals surface area contributed by atoms with Crippen LogP contribution in [0.4, 0.5) is 0 Å². The number of amides is 1. The highest BCUT2D eigenvalue weighted by atomic mass is 35.5. The van der Waals surface area contributed by atoms with Crippen molar-refractivity contribution in [1.29, 1.82) is 0 Å². The Morgan fingerprint density at radius 3 is 2.75 bits per heavy atom. The fourth-order valence-electron chi connectivity index (χ4n) is 5.18. The van der Waals surface area contributed by atoms with E-state index < -0.39 is 5.63 Å². The summed E-state index contributed by atoms with van der Waals surface area (Å²) in [6.45, 7) is 5.57. The van der Waals surface area contributed by atoms with Gasteiger partial charge in [0.2, 0.25) is 0 Å². The summed E-state index contributed by atoms with van der Waals surface area (Å²) in [5.74, 6) is 1.96. The van der Waals surface area contributed by atoms with E-state index in [0.717, 1.165) is 17.4 Å². The van der Waals surface area contributed by atoms with Gasteiger partial charge < -0.3 is 9.84 Å². The second-order valence-electron chi connectivity index (χ2n) is 8.35. The normalized spacial score (nSPS) is 24.4. The SMILES string of the molecule is Cc1noc(=O)c(C)c1-c1ccc(Cl)c(C(=O)N[C@@H](C)[C@@H]2C[C@H]3CC[C@H]2C3)c1. The van der Waals surface area contributed by atoms with Crippen molar-refractivity contribution in [2.45, 2.75) is 52.5 Å².